The summed E-state index contributed by atoms with van der Waals surface area (Å²) >= 11 is 0. The zero-order chi connectivity index (χ0) is 53.8. The molecule has 0 N–H and O–H groups in total. The van der Waals surface area contributed by atoms with Crippen LogP contribution in [-0.2, 0) is 42.6 Å². The van der Waals surface area contributed by atoms with Crippen LogP contribution in [0.15, 0.2) is 0 Å². The molecule has 0 radical (unpaired) electrons. The molecule has 0 saturated heterocycles. The van der Waals surface area contributed by atoms with Crippen molar-refractivity contribution >= 4 is 0 Å². The lowest BCUT2D eigenvalue weighted by Gasteiger charge is -2.35. The van der Waals surface area contributed by atoms with Crippen LogP contribution in [0.4, 0.5) is 0 Å². The molecule has 0 aromatic heterocycles. The molecule has 4 aliphatic rings. The summed E-state index contributed by atoms with van der Waals surface area (Å²) in [5, 5.41) is 0. The van der Waals surface area contributed by atoms with E-state index >= 15 is 0 Å². The van der Waals surface area contributed by atoms with Crippen molar-refractivity contribution in [3.05, 3.63) is 0 Å². The minimum Gasteiger partial charge on any atom is -0.382 e. The van der Waals surface area contributed by atoms with Crippen molar-refractivity contribution in [1.29, 1.82) is 0 Å². The minimum atomic E-state index is 0.0417. The highest BCUT2D eigenvalue weighted by Crippen LogP contribution is 2.45. The molecule has 4 aliphatic carbocycles. The van der Waals surface area contributed by atoms with Crippen LogP contribution in [0.2, 0.25) is 0 Å². The van der Waals surface area contributed by atoms with Gasteiger partial charge in [0.15, 0.2) is 0 Å². The second kappa shape index (κ2) is 47.6. The molecule has 2 bridgehead atoms. The Morgan fingerprint density at radius 2 is 0.912 bits per heavy atom. The van der Waals surface area contributed by atoms with Gasteiger partial charge in [-0.05, 0) is 183 Å². The van der Waals surface area contributed by atoms with Gasteiger partial charge < -0.3 is 42.6 Å². The molecule has 0 heterocycles. The number of methoxy groups -OCH3 is 9. The molecule has 4 rings (SSSR count). The van der Waals surface area contributed by atoms with Gasteiger partial charge in [0.1, 0.15) is 0 Å². The summed E-state index contributed by atoms with van der Waals surface area (Å²) in [6.07, 6.45) is 29.7. The fraction of sp³-hybridized carbons (Fsp3) is 1.00. The second-order valence-corrected chi connectivity index (χ2v) is 21.6. The van der Waals surface area contributed by atoms with E-state index in [0.29, 0.717) is 30.5 Å². The Bertz CT molecular complexity index is 944. The van der Waals surface area contributed by atoms with E-state index in [0.717, 1.165) is 62.7 Å². The maximum absolute atomic E-state index is 5.48. The Labute approximate surface area is 428 Å². The summed E-state index contributed by atoms with van der Waals surface area (Å²) in [6, 6.07) is 0. The Morgan fingerprint density at radius 3 is 1.06 bits per heavy atom. The van der Waals surface area contributed by atoms with Gasteiger partial charge in [-0.3, -0.25) is 0 Å². The summed E-state index contributed by atoms with van der Waals surface area (Å²) in [6.45, 7) is 35.7. The first-order valence-corrected chi connectivity index (χ1v) is 27.7. The lowest BCUT2D eigenvalue weighted by molar-refractivity contribution is -0.0399. The van der Waals surface area contributed by atoms with Gasteiger partial charge >= 0.3 is 0 Å². The quantitative estimate of drug-likeness (QED) is 0.150. The Hall–Kier alpha value is -0.360. The van der Waals surface area contributed by atoms with Gasteiger partial charge in [-0.15, -0.1) is 0 Å². The van der Waals surface area contributed by atoms with E-state index in [2.05, 4.69) is 83.1 Å². The molecule has 4 atom stereocenters. The number of hydrogen-bond acceptors (Lipinski definition) is 9. The first-order valence-electron chi connectivity index (χ1n) is 27.7. The zero-order valence-corrected chi connectivity index (χ0v) is 51.1. The molecule has 0 spiro atoms. The van der Waals surface area contributed by atoms with Crippen LogP contribution in [0.5, 0.6) is 0 Å². The smallest absolute Gasteiger partial charge is 0.0671 e. The summed E-state index contributed by atoms with van der Waals surface area (Å²) in [7, 11) is 15.9. The van der Waals surface area contributed by atoms with Crippen molar-refractivity contribution in [2.75, 3.05) is 64.0 Å². The van der Waals surface area contributed by atoms with Crippen LogP contribution in [-0.4, -0.2) is 117 Å². The van der Waals surface area contributed by atoms with Crippen LogP contribution >= 0.6 is 0 Å². The summed E-state index contributed by atoms with van der Waals surface area (Å²) < 4.78 is 46.1. The highest BCUT2D eigenvalue weighted by molar-refractivity contribution is 4.90. The van der Waals surface area contributed by atoms with Crippen LogP contribution < -0.4 is 0 Å². The average molecular weight is 982 g/mol. The number of fused-ring (bicyclic) bond motifs is 2. The van der Waals surface area contributed by atoms with E-state index in [1.807, 2.05) is 55.9 Å². The number of hydrogen-bond donors (Lipinski definition) is 0. The Morgan fingerprint density at radius 1 is 0.456 bits per heavy atom. The molecule has 0 amide bonds. The third-order valence-electron chi connectivity index (χ3n) is 15.1. The van der Waals surface area contributed by atoms with Gasteiger partial charge in [0.25, 0.3) is 0 Å². The third-order valence-corrected chi connectivity index (χ3v) is 15.1. The molecule has 68 heavy (non-hydrogen) atoms. The number of ether oxygens (including phenoxy) is 9. The van der Waals surface area contributed by atoms with Crippen molar-refractivity contribution in [3.63, 3.8) is 0 Å². The van der Waals surface area contributed by atoms with E-state index < -0.39 is 0 Å². The summed E-state index contributed by atoms with van der Waals surface area (Å²) in [5.41, 5.74) is 0.403. The molecule has 418 valence electrons. The van der Waals surface area contributed by atoms with Crippen molar-refractivity contribution in [2.24, 2.45) is 17.8 Å². The average Bonchev–Trinajstić information content (AvgIpc) is 4.01. The van der Waals surface area contributed by atoms with E-state index in [-0.39, 0.29) is 22.4 Å². The first kappa shape index (κ1) is 76.6. The molecule has 4 saturated carbocycles. The fourth-order valence-electron chi connectivity index (χ4n) is 7.86. The fourth-order valence-corrected chi connectivity index (χ4v) is 7.86. The standard InChI is InChI=1S/C10H20O.C8H14O.C8H18O.C7H14O.2C6H14O.2C5H12O.C4H10O/c1-10(2,11-3)9-7-5-4-6-8-9;1-9-8-5-6-2-3-7(8)4-6;1-5-8(6-2,7-3)9-4;1-8-7-5-3-2-4-6-7;1-5-6(2,3)7-4;1-4-6(5-2)7-3;1-5(2,3)6-4;1-4-5(2)6-3;1-4(2)5-3/h9H,4-8H2,1-3H3;6-8H,2-5H2,1H3;5-7H2,1-4H3;7H,2-6H2,1H3;5H2,1-4H3;6H,4-5H2,1-3H3;1-4H3;5H,4H2,1-3H3;4H,1-3H3. The van der Waals surface area contributed by atoms with Crippen molar-refractivity contribution in [1.82, 2.24) is 0 Å². The SMILES string of the molecule is CCC(C)(C)OC.CCC(C)OC.CCC(CC)(CC)OC.CCC(CC)OC.COC(C)(C)C.COC(C)(C)C1CCCCC1.COC(C)C.COC1CC2CCC1C2.COC1CCCCC1. The predicted octanol–water partition coefficient (Wildman–Crippen LogP) is 16.9. The molecule has 4 fully saturated rings. The Balaban J connectivity index is -0.000000221. The van der Waals surface area contributed by atoms with Crippen molar-refractivity contribution in [3.8, 4) is 0 Å². The van der Waals surface area contributed by atoms with Gasteiger partial charge in [-0.2, -0.15) is 0 Å². The highest BCUT2D eigenvalue weighted by atomic mass is 16.5. The lowest BCUT2D eigenvalue weighted by Crippen LogP contribution is -2.34. The van der Waals surface area contributed by atoms with Crippen molar-refractivity contribution in [2.45, 2.75) is 305 Å². The molecule has 9 nitrogen and oxygen atoms in total. The predicted molar refractivity (Wildman–Crippen MR) is 297 cm³/mol. The van der Waals surface area contributed by atoms with Gasteiger partial charge in [-0.25, -0.2) is 0 Å². The van der Waals surface area contributed by atoms with Gasteiger partial charge in [0.2, 0.25) is 0 Å². The first-order chi connectivity index (χ1) is 31.8. The topological polar surface area (TPSA) is 83.1 Å². The number of rotatable bonds is 16. The zero-order valence-electron chi connectivity index (χ0n) is 51.1. The van der Waals surface area contributed by atoms with E-state index in [1.54, 1.807) is 42.7 Å². The van der Waals surface area contributed by atoms with Gasteiger partial charge in [0, 0.05) is 64.0 Å². The Kier molecular flexibility index (Phi) is 53.6. The molecule has 9 heteroatoms. The van der Waals surface area contributed by atoms with E-state index in [4.69, 9.17) is 42.6 Å². The molecule has 0 aromatic carbocycles. The monoisotopic (exact) mass is 981 g/mol. The molecule has 0 aromatic rings. The van der Waals surface area contributed by atoms with Crippen LogP contribution in [0.3, 0.4) is 0 Å². The maximum atomic E-state index is 5.48. The van der Waals surface area contributed by atoms with Crippen LogP contribution in [0.1, 0.15) is 253 Å². The molecular formula is C59H128O9. The summed E-state index contributed by atoms with van der Waals surface area (Å²) in [4.78, 5) is 0. The maximum Gasteiger partial charge on any atom is 0.0671 e. The summed E-state index contributed by atoms with van der Waals surface area (Å²) in [5.74, 6) is 2.75. The van der Waals surface area contributed by atoms with Gasteiger partial charge in [0.05, 0.1) is 52.9 Å². The second-order valence-electron chi connectivity index (χ2n) is 21.6. The normalized spacial score (nSPS) is 19.7. The molecular weight excluding hydrogens is 853 g/mol. The lowest BCUT2D eigenvalue weighted by atomic mass is 9.79. The van der Waals surface area contributed by atoms with E-state index in [1.165, 1.54) is 89.9 Å². The minimum absolute atomic E-state index is 0.0417. The highest BCUT2D eigenvalue weighted by Gasteiger charge is 2.39. The van der Waals surface area contributed by atoms with Gasteiger partial charge in [-0.1, -0.05) is 87.0 Å². The molecule has 0 aliphatic heterocycles. The van der Waals surface area contributed by atoms with Crippen LogP contribution in [0, 0.1) is 17.8 Å². The molecule has 4 unspecified atom stereocenters. The van der Waals surface area contributed by atoms with Crippen molar-refractivity contribution < 1.29 is 42.6 Å². The van der Waals surface area contributed by atoms with E-state index in [9.17, 15) is 0 Å². The van der Waals surface area contributed by atoms with Crippen LogP contribution in [0.25, 0.3) is 0 Å². The third kappa shape index (κ3) is 44.3. The largest absolute Gasteiger partial charge is 0.382 e.